The van der Waals surface area contributed by atoms with Crippen LogP contribution in [0.5, 0.6) is 0 Å². The van der Waals surface area contributed by atoms with Crippen LogP contribution in [0.1, 0.15) is 38.7 Å². The number of nitrogens with zero attached hydrogens (tertiary/aromatic N) is 1. The number of piperidine rings is 1. The Hall–Kier alpha value is -2.78. The summed E-state index contributed by atoms with van der Waals surface area (Å²) >= 11 is 0. The zero-order valence-corrected chi connectivity index (χ0v) is 19.0. The highest BCUT2D eigenvalue weighted by molar-refractivity contribution is 7.89. The molecule has 3 rings (SSSR count). The molecule has 0 saturated carbocycles. The second-order valence-electron chi connectivity index (χ2n) is 8.24. The monoisotopic (exact) mass is 461 g/mol. The standard InChI is InChI=1S/C23H28FN3O4S/c1-3-21(28)26-19-8-10-20(11-9-19)32(30,31)27-13-5-12-23(2,16-27)22(29)25-15-17-6-4-7-18(24)14-17/h4,6-11,14H,3,5,12-13,15-16H2,1-2H3,(H,25,29)(H,26,28)/t23-/m1/s1. The lowest BCUT2D eigenvalue weighted by Crippen LogP contribution is -2.51. The Morgan fingerprint density at radius 1 is 1.16 bits per heavy atom. The van der Waals surface area contributed by atoms with Crippen molar-refractivity contribution in [3.8, 4) is 0 Å². The smallest absolute Gasteiger partial charge is 0.243 e. The summed E-state index contributed by atoms with van der Waals surface area (Å²) in [6, 6.07) is 12.0. The first kappa shape index (κ1) is 23.9. The second kappa shape index (κ2) is 9.79. The van der Waals surface area contributed by atoms with E-state index < -0.39 is 15.4 Å². The molecular formula is C23H28FN3O4S. The lowest BCUT2D eigenvalue weighted by Gasteiger charge is -2.38. The van der Waals surface area contributed by atoms with E-state index in [0.717, 1.165) is 0 Å². The molecule has 172 valence electrons. The highest BCUT2D eigenvalue weighted by Crippen LogP contribution is 2.33. The number of sulfonamides is 1. The van der Waals surface area contributed by atoms with Crippen molar-refractivity contribution in [3.63, 3.8) is 0 Å². The summed E-state index contributed by atoms with van der Waals surface area (Å²) in [4.78, 5) is 24.5. The Kier molecular flexibility index (Phi) is 7.30. The molecule has 1 atom stereocenters. The summed E-state index contributed by atoms with van der Waals surface area (Å²) in [7, 11) is -3.80. The van der Waals surface area contributed by atoms with Gasteiger partial charge in [-0.1, -0.05) is 19.1 Å². The van der Waals surface area contributed by atoms with E-state index in [1.807, 2.05) is 0 Å². The molecule has 0 unspecified atom stereocenters. The fourth-order valence-electron chi connectivity index (χ4n) is 3.73. The highest BCUT2D eigenvalue weighted by atomic mass is 32.2. The van der Waals surface area contributed by atoms with Crippen molar-refractivity contribution in [3.05, 3.63) is 59.9 Å². The van der Waals surface area contributed by atoms with E-state index in [2.05, 4.69) is 10.6 Å². The predicted octanol–water partition coefficient (Wildman–Crippen LogP) is 3.28. The van der Waals surface area contributed by atoms with Crippen molar-refractivity contribution < 1.29 is 22.4 Å². The number of rotatable bonds is 7. The van der Waals surface area contributed by atoms with Gasteiger partial charge in [0, 0.05) is 31.7 Å². The molecule has 0 bridgehead atoms. The highest BCUT2D eigenvalue weighted by Gasteiger charge is 2.41. The molecular weight excluding hydrogens is 433 g/mol. The molecule has 2 aromatic rings. The Morgan fingerprint density at radius 2 is 1.88 bits per heavy atom. The number of nitrogens with one attached hydrogen (secondary N) is 2. The zero-order chi connectivity index (χ0) is 23.4. The van der Waals surface area contributed by atoms with Crippen molar-refractivity contribution in [2.45, 2.75) is 44.6 Å². The van der Waals surface area contributed by atoms with E-state index in [0.29, 0.717) is 37.1 Å². The van der Waals surface area contributed by atoms with Gasteiger partial charge in [-0.25, -0.2) is 12.8 Å². The van der Waals surface area contributed by atoms with E-state index in [1.165, 1.54) is 28.6 Å². The van der Waals surface area contributed by atoms with Gasteiger partial charge >= 0.3 is 0 Å². The van der Waals surface area contributed by atoms with Crippen molar-refractivity contribution in [1.82, 2.24) is 9.62 Å². The molecule has 1 fully saturated rings. The van der Waals surface area contributed by atoms with Gasteiger partial charge < -0.3 is 10.6 Å². The SMILES string of the molecule is CCC(=O)Nc1ccc(S(=O)(=O)N2CCC[C@@](C)(C(=O)NCc3cccc(F)c3)C2)cc1. The van der Waals surface area contributed by atoms with Gasteiger partial charge in [-0.3, -0.25) is 9.59 Å². The summed E-state index contributed by atoms with van der Waals surface area (Å²) in [6.07, 6.45) is 1.43. The molecule has 1 aliphatic rings. The lowest BCUT2D eigenvalue weighted by molar-refractivity contribution is -0.132. The van der Waals surface area contributed by atoms with Crippen molar-refractivity contribution >= 4 is 27.5 Å². The molecule has 0 aliphatic carbocycles. The average molecular weight is 462 g/mol. The van der Waals surface area contributed by atoms with Crippen LogP contribution in [0, 0.1) is 11.2 Å². The van der Waals surface area contributed by atoms with Crippen LogP contribution in [-0.4, -0.2) is 37.6 Å². The third-order valence-corrected chi connectivity index (χ3v) is 7.51. The molecule has 1 heterocycles. The minimum atomic E-state index is -3.80. The summed E-state index contributed by atoms with van der Waals surface area (Å²) in [5, 5.41) is 5.50. The van der Waals surface area contributed by atoms with Gasteiger partial charge in [-0.15, -0.1) is 0 Å². The topological polar surface area (TPSA) is 95.6 Å². The Morgan fingerprint density at radius 3 is 2.53 bits per heavy atom. The fraction of sp³-hybridized carbons (Fsp3) is 0.391. The molecule has 7 nitrogen and oxygen atoms in total. The summed E-state index contributed by atoms with van der Waals surface area (Å²) in [6.45, 7) is 4.03. The molecule has 1 aliphatic heterocycles. The summed E-state index contributed by atoms with van der Waals surface area (Å²) < 4.78 is 41.0. The number of hydrogen-bond acceptors (Lipinski definition) is 4. The van der Waals surface area contributed by atoms with E-state index in [-0.39, 0.29) is 35.6 Å². The van der Waals surface area contributed by atoms with Gasteiger partial charge in [0.2, 0.25) is 21.8 Å². The van der Waals surface area contributed by atoms with Crippen molar-refractivity contribution in [1.29, 1.82) is 0 Å². The van der Waals surface area contributed by atoms with Gasteiger partial charge in [0.15, 0.2) is 0 Å². The maximum Gasteiger partial charge on any atom is 0.243 e. The molecule has 0 radical (unpaired) electrons. The van der Waals surface area contributed by atoms with Crippen LogP contribution >= 0.6 is 0 Å². The minimum Gasteiger partial charge on any atom is -0.352 e. The largest absolute Gasteiger partial charge is 0.352 e. The molecule has 32 heavy (non-hydrogen) atoms. The predicted molar refractivity (Wildman–Crippen MR) is 120 cm³/mol. The molecule has 0 spiro atoms. The maximum atomic E-state index is 13.4. The number of halogens is 1. The third-order valence-electron chi connectivity index (χ3n) is 5.65. The molecule has 0 aromatic heterocycles. The number of benzene rings is 2. The molecule has 2 aromatic carbocycles. The average Bonchev–Trinajstić information content (AvgIpc) is 2.77. The van der Waals surface area contributed by atoms with Gasteiger partial charge in [0.05, 0.1) is 10.3 Å². The number of carbonyl (C=O) groups excluding carboxylic acids is 2. The molecule has 2 amide bonds. The first-order chi connectivity index (χ1) is 15.1. The minimum absolute atomic E-state index is 0.0542. The molecule has 1 saturated heterocycles. The van der Waals surface area contributed by atoms with Crippen LogP contribution in [0.15, 0.2) is 53.4 Å². The van der Waals surface area contributed by atoms with Crippen LogP contribution in [0.4, 0.5) is 10.1 Å². The van der Waals surface area contributed by atoms with Crippen LogP contribution in [0.2, 0.25) is 0 Å². The summed E-state index contributed by atoms with van der Waals surface area (Å²) in [5.41, 5.74) is 0.265. The van der Waals surface area contributed by atoms with Crippen LogP contribution in [0.3, 0.4) is 0 Å². The molecule has 2 N–H and O–H groups in total. The van der Waals surface area contributed by atoms with Crippen LogP contribution in [-0.2, 0) is 26.2 Å². The van der Waals surface area contributed by atoms with Gasteiger partial charge in [0.25, 0.3) is 0 Å². The lowest BCUT2D eigenvalue weighted by atomic mass is 9.82. The Labute approximate surface area is 188 Å². The van der Waals surface area contributed by atoms with Crippen LogP contribution in [0.25, 0.3) is 0 Å². The first-order valence-corrected chi connectivity index (χ1v) is 12.0. The number of hydrogen-bond donors (Lipinski definition) is 2. The first-order valence-electron chi connectivity index (χ1n) is 10.6. The number of anilines is 1. The Balaban J connectivity index is 1.69. The van der Waals surface area contributed by atoms with E-state index >= 15 is 0 Å². The molecule has 9 heteroatoms. The second-order valence-corrected chi connectivity index (χ2v) is 10.2. The van der Waals surface area contributed by atoms with Crippen molar-refractivity contribution in [2.75, 3.05) is 18.4 Å². The maximum absolute atomic E-state index is 13.4. The summed E-state index contributed by atoms with van der Waals surface area (Å²) in [5.74, 6) is -0.797. The fourth-order valence-corrected chi connectivity index (χ4v) is 5.34. The van der Waals surface area contributed by atoms with E-state index in [1.54, 1.807) is 38.1 Å². The van der Waals surface area contributed by atoms with Crippen molar-refractivity contribution in [2.24, 2.45) is 5.41 Å². The Bertz CT molecular complexity index is 1090. The van der Waals surface area contributed by atoms with E-state index in [4.69, 9.17) is 0 Å². The van der Waals surface area contributed by atoms with Gasteiger partial charge in [0.1, 0.15) is 5.82 Å². The van der Waals surface area contributed by atoms with Gasteiger partial charge in [-0.2, -0.15) is 4.31 Å². The van der Waals surface area contributed by atoms with Crippen LogP contribution < -0.4 is 10.6 Å². The third kappa shape index (κ3) is 5.52. The van der Waals surface area contributed by atoms with E-state index in [9.17, 15) is 22.4 Å². The number of carbonyl (C=O) groups is 2. The zero-order valence-electron chi connectivity index (χ0n) is 18.2. The normalized spacial score (nSPS) is 19.3. The van der Waals surface area contributed by atoms with Gasteiger partial charge in [-0.05, 0) is 61.7 Å². The number of amides is 2. The quantitative estimate of drug-likeness (QED) is 0.662.